The summed E-state index contributed by atoms with van der Waals surface area (Å²) in [6, 6.07) is 12.3. The van der Waals surface area contributed by atoms with Gasteiger partial charge in [0.25, 0.3) is 11.8 Å². The molecule has 2 N–H and O–H groups in total. The number of hydrogen-bond donors (Lipinski definition) is 2. The molecule has 2 fully saturated rings. The minimum atomic E-state index is -0.986. The molecule has 3 aliphatic heterocycles. The molecule has 200 valence electrons. The van der Waals surface area contributed by atoms with Gasteiger partial charge in [0, 0.05) is 69.7 Å². The van der Waals surface area contributed by atoms with Crippen LogP contribution >= 0.6 is 12.0 Å². The molecule has 0 aliphatic carbocycles. The van der Waals surface area contributed by atoms with Crippen LogP contribution in [-0.2, 0) is 32.0 Å². The molecule has 2 saturated heterocycles. The fourth-order valence-corrected chi connectivity index (χ4v) is 5.06. The lowest BCUT2D eigenvalue weighted by atomic mass is 10.0. The molecule has 0 saturated carbocycles. The average Bonchev–Trinajstić information content (AvgIpc) is 3.18. The zero-order valence-corrected chi connectivity index (χ0v) is 21.8. The van der Waals surface area contributed by atoms with Gasteiger partial charge < -0.3 is 5.32 Å². The van der Waals surface area contributed by atoms with Crippen LogP contribution in [0, 0.1) is 0 Å². The van der Waals surface area contributed by atoms with Crippen LogP contribution in [-0.4, -0.2) is 77.0 Å². The third kappa shape index (κ3) is 5.59. The molecule has 3 aliphatic rings. The SMILES string of the molecule is CSOON1CCN(Cc2ccc(CNc3cccc4c3C(=O)N(C3CCC(=O)NC3=O)C4=O)cc2)CC1. The van der Waals surface area contributed by atoms with E-state index >= 15 is 0 Å². The summed E-state index contributed by atoms with van der Waals surface area (Å²) in [5, 5.41) is 7.31. The molecule has 0 aromatic heterocycles. The molecule has 5 rings (SSSR count). The smallest absolute Gasteiger partial charge is 0.264 e. The zero-order chi connectivity index (χ0) is 26.6. The van der Waals surface area contributed by atoms with Gasteiger partial charge in [0.1, 0.15) is 6.04 Å². The van der Waals surface area contributed by atoms with Gasteiger partial charge in [-0.15, -0.1) is 9.32 Å². The Bertz CT molecular complexity index is 1230. The first-order chi connectivity index (χ1) is 18.4. The van der Waals surface area contributed by atoms with E-state index in [2.05, 4.69) is 27.7 Å². The van der Waals surface area contributed by atoms with Gasteiger partial charge >= 0.3 is 0 Å². The van der Waals surface area contributed by atoms with Crippen molar-refractivity contribution in [3.05, 3.63) is 64.7 Å². The Morgan fingerprint density at radius 2 is 1.71 bits per heavy atom. The number of piperidine rings is 1. The summed E-state index contributed by atoms with van der Waals surface area (Å²) in [5.41, 5.74) is 3.27. The number of hydrogen-bond acceptors (Lipinski definition) is 10. The zero-order valence-electron chi connectivity index (χ0n) is 21.0. The van der Waals surface area contributed by atoms with Crippen molar-refractivity contribution in [3.8, 4) is 0 Å². The molecular weight excluding hydrogens is 510 g/mol. The largest absolute Gasteiger partial charge is 0.380 e. The number of carbonyl (C=O) groups is 4. The van der Waals surface area contributed by atoms with Crippen molar-refractivity contribution in [1.82, 2.24) is 20.2 Å². The molecule has 12 heteroatoms. The fraction of sp³-hybridized carbons (Fsp3) is 0.385. The fourth-order valence-electron chi connectivity index (χ4n) is 4.92. The Morgan fingerprint density at radius 1 is 0.974 bits per heavy atom. The summed E-state index contributed by atoms with van der Waals surface area (Å²) < 4.78 is 4.92. The lowest BCUT2D eigenvalue weighted by Gasteiger charge is -2.32. The first-order valence-corrected chi connectivity index (χ1v) is 13.6. The lowest BCUT2D eigenvalue weighted by Crippen LogP contribution is -2.54. The monoisotopic (exact) mass is 539 g/mol. The molecular formula is C26H29N5O6S. The van der Waals surface area contributed by atoms with Gasteiger partial charge in [-0.05, 0) is 29.7 Å². The molecule has 1 unspecified atom stereocenters. The first-order valence-electron chi connectivity index (χ1n) is 12.5. The normalized spacial score (nSPS) is 20.6. The molecule has 2 aromatic rings. The van der Waals surface area contributed by atoms with Crippen LogP contribution in [0.4, 0.5) is 5.69 Å². The van der Waals surface area contributed by atoms with E-state index in [-0.39, 0.29) is 24.0 Å². The van der Waals surface area contributed by atoms with Gasteiger partial charge in [-0.3, -0.25) is 34.3 Å². The Hall–Kier alpha value is -3.29. The van der Waals surface area contributed by atoms with Gasteiger partial charge in [-0.1, -0.05) is 30.3 Å². The van der Waals surface area contributed by atoms with Gasteiger partial charge in [-0.2, -0.15) is 5.06 Å². The third-order valence-corrected chi connectivity index (χ3v) is 7.11. The molecule has 0 bridgehead atoms. The molecule has 0 spiro atoms. The topological polar surface area (TPSA) is 121 Å². The lowest BCUT2D eigenvalue weighted by molar-refractivity contribution is -0.365. The highest BCUT2D eigenvalue weighted by molar-refractivity contribution is 7.93. The van der Waals surface area contributed by atoms with E-state index in [1.54, 1.807) is 24.5 Å². The number of imide groups is 2. The van der Waals surface area contributed by atoms with Crippen molar-refractivity contribution >= 4 is 41.4 Å². The molecule has 4 amide bonds. The summed E-state index contributed by atoms with van der Waals surface area (Å²) in [7, 11) is 0. The Labute approximate surface area is 224 Å². The Balaban J connectivity index is 1.19. The van der Waals surface area contributed by atoms with Crippen molar-refractivity contribution in [2.24, 2.45) is 0 Å². The highest BCUT2D eigenvalue weighted by Gasteiger charge is 2.45. The number of rotatable bonds is 9. The molecule has 1 atom stereocenters. The number of fused-ring (bicyclic) bond motifs is 1. The summed E-state index contributed by atoms with van der Waals surface area (Å²) >= 11 is 1.17. The van der Waals surface area contributed by atoms with E-state index in [9.17, 15) is 19.2 Å². The number of carbonyl (C=O) groups excluding carboxylic acids is 4. The van der Waals surface area contributed by atoms with E-state index in [0.717, 1.165) is 43.2 Å². The minimum Gasteiger partial charge on any atom is -0.380 e. The van der Waals surface area contributed by atoms with Crippen molar-refractivity contribution in [1.29, 1.82) is 0 Å². The van der Waals surface area contributed by atoms with E-state index < -0.39 is 29.7 Å². The maximum absolute atomic E-state index is 13.2. The molecule has 2 aromatic carbocycles. The standard InChI is InChI=1S/C26H29N5O6S/c1-38-37-36-30-13-11-29(12-14-30)16-18-7-5-17(6-8-18)15-27-20-4-2-3-19-23(20)26(35)31(25(19)34)21-9-10-22(32)28-24(21)33/h2-8,21,27H,9-16H2,1H3,(H,28,32,33). The van der Waals surface area contributed by atoms with Crippen LogP contribution in [0.1, 0.15) is 44.7 Å². The van der Waals surface area contributed by atoms with E-state index in [1.807, 2.05) is 17.2 Å². The number of nitrogens with zero attached hydrogens (tertiary/aromatic N) is 3. The van der Waals surface area contributed by atoms with Gasteiger partial charge in [0.2, 0.25) is 11.8 Å². The first kappa shape index (κ1) is 26.3. The van der Waals surface area contributed by atoms with Crippen molar-refractivity contribution < 1.29 is 28.5 Å². The van der Waals surface area contributed by atoms with Gasteiger partial charge in [-0.25, -0.2) is 0 Å². The number of anilines is 1. The molecule has 3 heterocycles. The Kier molecular flexibility index (Phi) is 8.05. The van der Waals surface area contributed by atoms with Crippen molar-refractivity contribution in [2.75, 3.05) is 37.8 Å². The highest BCUT2D eigenvalue weighted by atomic mass is 32.2. The molecule has 38 heavy (non-hydrogen) atoms. The molecule has 0 radical (unpaired) electrons. The number of nitrogens with one attached hydrogen (secondary N) is 2. The van der Waals surface area contributed by atoms with Crippen molar-refractivity contribution in [3.63, 3.8) is 0 Å². The summed E-state index contributed by atoms with van der Waals surface area (Å²) in [4.78, 5) is 58.6. The number of piperazine rings is 1. The summed E-state index contributed by atoms with van der Waals surface area (Å²) in [6.07, 6.45) is 2.02. The third-order valence-electron chi connectivity index (χ3n) is 6.92. The number of benzene rings is 2. The number of hydroxylamine groups is 2. The maximum Gasteiger partial charge on any atom is 0.264 e. The van der Waals surface area contributed by atoms with Crippen molar-refractivity contribution in [2.45, 2.75) is 32.0 Å². The Morgan fingerprint density at radius 3 is 2.42 bits per heavy atom. The number of amides is 4. The predicted molar refractivity (Wildman–Crippen MR) is 139 cm³/mol. The van der Waals surface area contributed by atoms with Crippen LogP contribution in [0.2, 0.25) is 0 Å². The van der Waals surface area contributed by atoms with Crippen LogP contribution in [0.3, 0.4) is 0 Å². The van der Waals surface area contributed by atoms with E-state index in [0.29, 0.717) is 12.2 Å². The van der Waals surface area contributed by atoms with E-state index in [1.165, 1.54) is 17.6 Å². The van der Waals surface area contributed by atoms with Gasteiger partial charge in [0.15, 0.2) is 0 Å². The second-order valence-corrected chi connectivity index (χ2v) is 9.83. The second-order valence-electron chi connectivity index (χ2n) is 9.36. The maximum atomic E-state index is 13.2. The van der Waals surface area contributed by atoms with Crippen LogP contribution < -0.4 is 10.6 Å². The summed E-state index contributed by atoms with van der Waals surface area (Å²) in [5.74, 6) is -2.06. The van der Waals surface area contributed by atoms with E-state index in [4.69, 9.17) is 9.32 Å². The van der Waals surface area contributed by atoms with Gasteiger partial charge in [0.05, 0.1) is 11.1 Å². The quantitative estimate of drug-likeness (QED) is 0.212. The average molecular weight is 540 g/mol. The van der Waals surface area contributed by atoms with Crippen LogP contribution in [0.25, 0.3) is 0 Å². The van der Waals surface area contributed by atoms with Crippen LogP contribution in [0.5, 0.6) is 0 Å². The summed E-state index contributed by atoms with van der Waals surface area (Å²) in [6.45, 7) is 4.59. The molecule has 11 nitrogen and oxygen atoms in total. The second kappa shape index (κ2) is 11.6. The van der Waals surface area contributed by atoms with Crippen LogP contribution in [0.15, 0.2) is 42.5 Å². The highest BCUT2D eigenvalue weighted by Crippen LogP contribution is 2.32. The predicted octanol–water partition coefficient (Wildman–Crippen LogP) is 1.96. The minimum absolute atomic E-state index is 0.0860.